The molecule has 0 atom stereocenters. The van der Waals surface area contributed by atoms with Crippen molar-refractivity contribution < 1.29 is 23.1 Å². The van der Waals surface area contributed by atoms with Gasteiger partial charge < -0.3 is 10.4 Å². The second-order valence-electron chi connectivity index (χ2n) is 7.32. The van der Waals surface area contributed by atoms with Crippen LogP contribution in [0.5, 0.6) is 0 Å². The van der Waals surface area contributed by atoms with E-state index in [0.717, 1.165) is 25.7 Å². The number of amides is 1. The van der Waals surface area contributed by atoms with E-state index in [0.29, 0.717) is 12.8 Å². The standard InChI is InChI=1S/C19H26N2O5S/c22-18(20-15-6-2-1-3-7-15)14-10-12-21(13-11-14)27(25,26)17-9-5-4-8-16(17)19(23)24/h4-5,8-9,14-15H,1-3,6-7,10-13H2,(H,20,22)(H,23,24). The summed E-state index contributed by atoms with van der Waals surface area (Å²) in [4.78, 5) is 23.6. The van der Waals surface area contributed by atoms with Gasteiger partial charge in [-0.25, -0.2) is 13.2 Å². The highest BCUT2D eigenvalue weighted by Crippen LogP contribution is 2.26. The van der Waals surface area contributed by atoms with Crippen LogP contribution in [0, 0.1) is 5.92 Å². The number of rotatable bonds is 5. The number of benzene rings is 1. The van der Waals surface area contributed by atoms with Crippen molar-refractivity contribution in [1.82, 2.24) is 9.62 Å². The van der Waals surface area contributed by atoms with E-state index < -0.39 is 16.0 Å². The maximum Gasteiger partial charge on any atom is 0.337 e. The van der Waals surface area contributed by atoms with Crippen LogP contribution in [-0.4, -0.2) is 48.8 Å². The first kappa shape index (κ1) is 19.8. The largest absolute Gasteiger partial charge is 0.478 e. The fourth-order valence-corrected chi connectivity index (χ4v) is 5.59. The van der Waals surface area contributed by atoms with Crippen molar-refractivity contribution in [2.45, 2.75) is 55.9 Å². The number of hydrogen-bond donors (Lipinski definition) is 2. The van der Waals surface area contributed by atoms with Gasteiger partial charge in [0.15, 0.2) is 0 Å². The fourth-order valence-electron chi connectivity index (χ4n) is 3.93. The summed E-state index contributed by atoms with van der Waals surface area (Å²) in [6, 6.07) is 5.88. The molecular weight excluding hydrogens is 368 g/mol. The molecular formula is C19H26N2O5S. The first-order chi connectivity index (χ1) is 12.9. The van der Waals surface area contributed by atoms with Gasteiger partial charge in [0.2, 0.25) is 15.9 Å². The minimum atomic E-state index is -3.89. The van der Waals surface area contributed by atoms with Gasteiger partial charge in [0, 0.05) is 25.0 Å². The summed E-state index contributed by atoms with van der Waals surface area (Å²) in [6.45, 7) is 0.443. The molecule has 8 heteroatoms. The van der Waals surface area contributed by atoms with Crippen molar-refractivity contribution in [3.8, 4) is 0 Å². The number of nitrogens with one attached hydrogen (secondary N) is 1. The molecule has 1 aromatic carbocycles. The van der Waals surface area contributed by atoms with E-state index >= 15 is 0 Å². The predicted molar refractivity (Wildman–Crippen MR) is 99.9 cm³/mol. The van der Waals surface area contributed by atoms with Gasteiger partial charge in [0.1, 0.15) is 0 Å². The Morgan fingerprint density at radius 3 is 2.26 bits per heavy atom. The Bertz CT molecular complexity index is 794. The minimum Gasteiger partial charge on any atom is -0.478 e. The fraction of sp³-hybridized carbons (Fsp3) is 0.579. The summed E-state index contributed by atoms with van der Waals surface area (Å²) < 4.78 is 27.0. The maximum atomic E-state index is 12.9. The molecule has 27 heavy (non-hydrogen) atoms. The van der Waals surface area contributed by atoms with E-state index in [1.54, 1.807) is 0 Å². The van der Waals surface area contributed by atoms with E-state index in [1.807, 2.05) is 0 Å². The highest BCUT2D eigenvalue weighted by Gasteiger charge is 2.34. The van der Waals surface area contributed by atoms with Gasteiger partial charge in [0.25, 0.3) is 0 Å². The molecule has 148 valence electrons. The smallest absolute Gasteiger partial charge is 0.337 e. The lowest BCUT2D eigenvalue weighted by molar-refractivity contribution is -0.127. The van der Waals surface area contributed by atoms with Gasteiger partial charge in [-0.05, 0) is 37.8 Å². The van der Waals surface area contributed by atoms with Crippen molar-refractivity contribution in [2.24, 2.45) is 5.92 Å². The van der Waals surface area contributed by atoms with Crippen molar-refractivity contribution in [2.75, 3.05) is 13.1 Å². The zero-order valence-corrected chi connectivity index (χ0v) is 16.1. The average molecular weight is 394 g/mol. The molecule has 0 unspecified atom stereocenters. The predicted octanol–water partition coefficient (Wildman–Crippen LogP) is 2.23. The average Bonchev–Trinajstić information content (AvgIpc) is 2.69. The van der Waals surface area contributed by atoms with Crippen molar-refractivity contribution >= 4 is 21.9 Å². The van der Waals surface area contributed by atoms with Crippen molar-refractivity contribution in [3.63, 3.8) is 0 Å². The Balaban J connectivity index is 1.63. The molecule has 2 aliphatic rings. The molecule has 0 spiro atoms. The Labute approximate surface area is 159 Å². The maximum absolute atomic E-state index is 12.9. The number of carbonyl (C=O) groups is 2. The number of aromatic carboxylic acids is 1. The molecule has 3 rings (SSSR count). The van der Waals surface area contributed by atoms with Gasteiger partial charge in [-0.3, -0.25) is 4.79 Å². The van der Waals surface area contributed by atoms with E-state index in [2.05, 4.69) is 5.32 Å². The lowest BCUT2D eigenvalue weighted by atomic mass is 9.93. The molecule has 0 radical (unpaired) electrons. The van der Waals surface area contributed by atoms with Crippen LogP contribution >= 0.6 is 0 Å². The third kappa shape index (κ3) is 4.50. The van der Waals surface area contributed by atoms with Gasteiger partial charge in [-0.15, -0.1) is 0 Å². The number of hydrogen-bond acceptors (Lipinski definition) is 4. The molecule has 1 saturated heterocycles. The van der Waals surface area contributed by atoms with Crippen LogP contribution in [0.3, 0.4) is 0 Å². The molecule has 2 fully saturated rings. The Kier molecular flexibility index (Phi) is 6.16. The van der Waals surface area contributed by atoms with Crippen LogP contribution in [0.4, 0.5) is 0 Å². The minimum absolute atomic E-state index is 0.0184. The third-order valence-corrected chi connectivity index (χ3v) is 7.47. The van der Waals surface area contributed by atoms with E-state index in [-0.39, 0.29) is 41.4 Å². The highest BCUT2D eigenvalue weighted by molar-refractivity contribution is 7.89. The zero-order valence-electron chi connectivity index (χ0n) is 15.3. The first-order valence-electron chi connectivity index (χ1n) is 9.52. The Morgan fingerprint density at radius 1 is 1.00 bits per heavy atom. The molecule has 1 aromatic rings. The lowest BCUT2D eigenvalue weighted by Crippen LogP contribution is -2.45. The summed E-state index contributed by atoms with van der Waals surface area (Å²) >= 11 is 0. The van der Waals surface area contributed by atoms with Crippen LogP contribution in [-0.2, 0) is 14.8 Å². The summed E-state index contributed by atoms with van der Waals surface area (Å²) in [7, 11) is -3.89. The summed E-state index contributed by atoms with van der Waals surface area (Å²) in [5.41, 5.74) is -0.227. The normalized spacial score (nSPS) is 20.3. The van der Waals surface area contributed by atoms with E-state index in [1.165, 1.54) is 35.0 Å². The molecule has 0 bridgehead atoms. The first-order valence-corrected chi connectivity index (χ1v) is 11.0. The SMILES string of the molecule is O=C(O)c1ccccc1S(=O)(=O)N1CCC(C(=O)NC2CCCCC2)CC1. The number of sulfonamides is 1. The van der Waals surface area contributed by atoms with Gasteiger partial charge in [-0.1, -0.05) is 31.4 Å². The Morgan fingerprint density at radius 2 is 1.63 bits per heavy atom. The van der Waals surface area contributed by atoms with Crippen LogP contribution in [0.2, 0.25) is 0 Å². The third-order valence-electron chi connectivity index (χ3n) is 5.51. The molecule has 2 N–H and O–H groups in total. The second-order valence-corrected chi connectivity index (χ2v) is 9.23. The Hall–Kier alpha value is -1.93. The second kappa shape index (κ2) is 8.39. The summed E-state index contributed by atoms with van der Waals surface area (Å²) in [6.07, 6.45) is 6.45. The van der Waals surface area contributed by atoms with E-state index in [4.69, 9.17) is 0 Å². The topological polar surface area (TPSA) is 104 Å². The number of carboxylic acid groups (broad SMARTS) is 1. The quantitative estimate of drug-likeness (QED) is 0.797. The highest BCUT2D eigenvalue weighted by atomic mass is 32.2. The number of carboxylic acids is 1. The molecule has 7 nitrogen and oxygen atoms in total. The lowest BCUT2D eigenvalue weighted by Gasteiger charge is -2.32. The summed E-state index contributed by atoms with van der Waals surface area (Å²) in [5.74, 6) is -1.44. The van der Waals surface area contributed by atoms with Crippen LogP contribution in [0.1, 0.15) is 55.3 Å². The number of carbonyl (C=O) groups excluding carboxylic acids is 1. The molecule has 1 amide bonds. The zero-order chi connectivity index (χ0) is 19.4. The molecule has 1 aliphatic carbocycles. The van der Waals surface area contributed by atoms with Gasteiger partial charge >= 0.3 is 5.97 Å². The van der Waals surface area contributed by atoms with E-state index in [9.17, 15) is 23.1 Å². The monoisotopic (exact) mass is 394 g/mol. The molecule has 0 aromatic heterocycles. The molecule has 1 saturated carbocycles. The molecule has 1 heterocycles. The summed E-state index contributed by atoms with van der Waals surface area (Å²) in [5, 5.41) is 12.4. The van der Waals surface area contributed by atoms with Gasteiger partial charge in [-0.2, -0.15) is 4.31 Å². The number of nitrogens with zero attached hydrogens (tertiary/aromatic N) is 1. The van der Waals surface area contributed by atoms with Crippen molar-refractivity contribution in [3.05, 3.63) is 29.8 Å². The van der Waals surface area contributed by atoms with Crippen LogP contribution in [0.15, 0.2) is 29.2 Å². The van der Waals surface area contributed by atoms with Crippen molar-refractivity contribution in [1.29, 1.82) is 0 Å². The van der Waals surface area contributed by atoms with Crippen LogP contribution < -0.4 is 5.32 Å². The van der Waals surface area contributed by atoms with Gasteiger partial charge in [0.05, 0.1) is 10.5 Å². The number of piperidine rings is 1. The molecule has 1 aliphatic heterocycles. The van der Waals surface area contributed by atoms with Crippen LogP contribution in [0.25, 0.3) is 0 Å².